The molecule has 0 fully saturated rings. The molecule has 1 aromatic carbocycles. The highest BCUT2D eigenvalue weighted by atomic mass is 16.5. The van der Waals surface area contributed by atoms with Gasteiger partial charge >= 0.3 is 0 Å². The van der Waals surface area contributed by atoms with Crippen LogP contribution < -0.4 is 10.1 Å². The maximum Gasteiger partial charge on any atom is 0.272 e. The fourth-order valence-electron chi connectivity index (χ4n) is 3.08. The molecule has 7 heteroatoms. The van der Waals surface area contributed by atoms with E-state index in [4.69, 9.17) is 4.74 Å². The lowest BCUT2D eigenvalue weighted by molar-refractivity contribution is 0.0827. The molecule has 2 amide bonds. The molecule has 7 nitrogen and oxygen atoms in total. The minimum absolute atomic E-state index is 0.0872. The number of anilines is 1. The summed E-state index contributed by atoms with van der Waals surface area (Å²) < 4.78 is 5.30. The Hall–Kier alpha value is -3.09. The Morgan fingerprint density at radius 2 is 1.89 bits per heavy atom. The fraction of sp³-hybridized carbons (Fsp3) is 0.350. The van der Waals surface area contributed by atoms with Crippen molar-refractivity contribution in [2.75, 3.05) is 26.5 Å². The minimum atomic E-state index is -0.393. The number of hydrogen-bond acceptors (Lipinski definition) is 4. The molecule has 0 unspecified atom stereocenters. The van der Waals surface area contributed by atoms with Crippen LogP contribution in [0, 0.1) is 6.92 Å². The summed E-state index contributed by atoms with van der Waals surface area (Å²) in [5, 5.41) is 2.79. The number of methoxy groups -OCH3 is 1. The van der Waals surface area contributed by atoms with Gasteiger partial charge < -0.3 is 19.9 Å². The molecule has 1 heterocycles. The van der Waals surface area contributed by atoms with E-state index in [-0.39, 0.29) is 11.7 Å². The summed E-state index contributed by atoms with van der Waals surface area (Å²) in [4.78, 5) is 41.4. The lowest BCUT2D eigenvalue weighted by Crippen LogP contribution is -2.22. The number of carbonyl (C=O) groups is 3. The number of benzene rings is 1. The maximum atomic E-state index is 12.9. The smallest absolute Gasteiger partial charge is 0.272 e. The van der Waals surface area contributed by atoms with E-state index in [0.29, 0.717) is 45.9 Å². The van der Waals surface area contributed by atoms with E-state index in [0.717, 1.165) is 0 Å². The van der Waals surface area contributed by atoms with Crippen molar-refractivity contribution in [2.24, 2.45) is 0 Å². The molecule has 2 N–H and O–H groups in total. The van der Waals surface area contributed by atoms with Gasteiger partial charge in [0.1, 0.15) is 11.4 Å². The summed E-state index contributed by atoms with van der Waals surface area (Å²) >= 11 is 0. The normalized spacial score (nSPS) is 10.4. The van der Waals surface area contributed by atoms with Crippen LogP contribution in [0.3, 0.4) is 0 Å². The first-order valence-corrected chi connectivity index (χ1v) is 8.64. The Labute approximate surface area is 158 Å². The van der Waals surface area contributed by atoms with Crippen molar-refractivity contribution >= 4 is 23.3 Å². The molecule has 2 rings (SSSR count). The summed E-state index contributed by atoms with van der Waals surface area (Å²) in [6.07, 6.45) is 0.540. The van der Waals surface area contributed by atoms with Crippen LogP contribution in [0.15, 0.2) is 18.2 Å². The van der Waals surface area contributed by atoms with Gasteiger partial charge in [0.05, 0.1) is 12.8 Å². The van der Waals surface area contributed by atoms with Crippen molar-refractivity contribution in [3.05, 3.63) is 46.3 Å². The van der Waals surface area contributed by atoms with Gasteiger partial charge in [-0.3, -0.25) is 14.4 Å². The van der Waals surface area contributed by atoms with Crippen LogP contribution in [0.5, 0.6) is 5.75 Å². The van der Waals surface area contributed by atoms with Crippen LogP contribution in [0.25, 0.3) is 0 Å². The summed E-state index contributed by atoms with van der Waals surface area (Å²) in [6, 6.07) is 4.85. The third-order valence-corrected chi connectivity index (χ3v) is 4.32. The molecule has 27 heavy (non-hydrogen) atoms. The van der Waals surface area contributed by atoms with Crippen molar-refractivity contribution in [3.8, 4) is 5.75 Å². The van der Waals surface area contributed by atoms with Crippen LogP contribution in [-0.4, -0.2) is 48.7 Å². The largest absolute Gasteiger partial charge is 0.495 e. The lowest BCUT2D eigenvalue weighted by atomic mass is 10.0. The first-order valence-electron chi connectivity index (χ1n) is 8.64. The Balaban J connectivity index is 2.43. The predicted octanol–water partition coefficient (Wildman–Crippen LogP) is 3.05. The predicted molar refractivity (Wildman–Crippen MR) is 104 cm³/mol. The van der Waals surface area contributed by atoms with E-state index in [1.807, 2.05) is 6.92 Å². The average molecular weight is 371 g/mol. The van der Waals surface area contributed by atoms with Crippen molar-refractivity contribution in [1.29, 1.82) is 0 Å². The average Bonchev–Trinajstić information content (AvgIpc) is 2.97. The minimum Gasteiger partial charge on any atom is -0.495 e. The first kappa shape index (κ1) is 20.2. The standard InChI is InChI=1S/C20H25N3O4/c1-7-14-17(12(3)24)11(2)21-18(14)19(25)22-15-10-13(20(26)23(4)5)8-9-16(15)27-6/h8-10,21H,7H2,1-6H3,(H,22,25). The second-order valence-corrected chi connectivity index (χ2v) is 6.46. The number of amides is 2. The van der Waals surface area contributed by atoms with Gasteiger partial charge in [-0.2, -0.15) is 0 Å². The molecule has 0 aliphatic rings. The molecule has 0 aliphatic heterocycles. The molecular formula is C20H25N3O4. The maximum absolute atomic E-state index is 12.9. The van der Waals surface area contributed by atoms with Crippen LogP contribution in [-0.2, 0) is 6.42 Å². The molecule has 0 aliphatic carbocycles. The number of ether oxygens (including phenoxy) is 1. The molecule has 0 radical (unpaired) electrons. The van der Waals surface area contributed by atoms with Gasteiger partial charge in [0.2, 0.25) is 0 Å². The van der Waals surface area contributed by atoms with Gasteiger partial charge in [-0.05, 0) is 44.0 Å². The van der Waals surface area contributed by atoms with Crippen molar-refractivity contribution in [2.45, 2.75) is 27.2 Å². The Bertz CT molecular complexity index is 897. The van der Waals surface area contributed by atoms with Gasteiger partial charge in [-0.25, -0.2) is 0 Å². The first-order chi connectivity index (χ1) is 12.7. The number of Topliss-reactive ketones (excluding diaryl/α,β-unsaturated/α-hetero) is 1. The quantitative estimate of drug-likeness (QED) is 0.764. The third kappa shape index (κ3) is 4.02. The highest BCUT2D eigenvalue weighted by molar-refractivity contribution is 6.08. The zero-order valence-corrected chi connectivity index (χ0v) is 16.5. The second-order valence-electron chi connectivity index (χ2n) is 6.46. The second kappa shape index (κ2) is 8.07. The number of H-pyrrole nitrogens is 1. The summed E-state index contributed by atoms with van der Waals surface area (Å²) in [5.74, 6) is -0.227. The summed E-state index contributed by atoms with van der Waals surface area (Å²) in [6.45, 7) is 5.14. The van der Waals surface area contributed by atoms with Crippen LogP contribution in [0.4, 0.5) is 5.69 Å². The number of rotatable bonds is 6. The summed E-state index contributed by atoms with van der Waals surface area (Å²) in [7, 11) is 4.80. The van der Waals surface area contributed by atoms with Gasteiger partial charge in [-0.15, -0.1) is 0 Å². The molecule has 2 aromatic rings. The van der Waals surface area contributed by atoms with Crippen LogP contribution in [0.2, 0.25) is 0 Å². The zero-order valence-electron chi connectivity index (χ0n) is 16.5. The monoisotopic (exact) mass is 371 g/mol. The number of carbonyl (C=O) groups excluding carboxylic acids is 3. The molecule has 1 aromatic heterocycles. The van der Waals surface area contributed by atoms with E-state index in [2.05, 4.69) is 10.3 Å². The number of aromatic amines is 1. The molecule has 0 atom stereocenters. The van der Waals surface area contributed by atoms with Gasteiger partial charge in [0.15, 0.2) is 5.78 Å². The van der Waals surface area contributed by atoms with Crippen LogP contribution in [0.1, 0.15) is 56.3 Å². The van der Waals surface area contributed by atoms with E-state index < -0.39 is 5.91 Å². The Morgan fingerprint density at radius 3 is 2.41 bits per heavy atom. The molecule has 0 saturated heterocycles. The highest BCUT2D eigenvalue weighted by Crippen LogP contribution is 2.28. The summed E-state index contributed by atoms with van der Waals surface area (Å²) in [5.41, 5.74) is 3.04. The Morgan fingerprint density at radius 1 is 1.22 bits per heavy atom. The number of hydrogen-bond donors (Lipinski definition) is 2. The van der Waals surface area contributed by atoms with E-state index >= 15 is 0 Å². The molecule has 0 saturated carbocycles. The van der Waals surface area contributed by atoms with Gasteiger partial charge in [0, 0.05) is 30.9 Å². The van der Waals surface area contributed by atoms with Crippen LogP contribution >= 0.6 is 0 Å². The SMILES string of the molecule is CCc1c(C(=O)Nc2cc(C(=O)N(C)C)ccc2OC)[nH]c(C)c1C(C)=O. The van der Waals surface area contributed by atoms with Crippen molar-refractivity contribution < 1.29 is 19.1 Å². The highest BCUT2D eigenvalue weighted by Gasteiger charge is 2.23. The number of aromatic nitrogens is 1. The van der Waals surface area contributed by atoms with Crippen molar-refractivity contribution in [3.63, 3.8) is 0 Å². The van der Waals surface area contributed by atoms with E-state index in [1.165, 1.54) is 18.9 Å². The molecular weight excluding hydrogens is 346 g/mol. The number of nitrogens with zero attached hydrogens (tertiary/aromatic N) is 1. The van der Waals surface area contributed by atoms with Gasteiger partial charge in [0.25, 0.3) is 11.8 Å². The molecule has 144 valence electrons. The topological polar surface area (TPSA) is 91.5 Å². The molecule has 0 bridgehead atoms. The van der Waals surface area contributed by atoms with E-state index in [1.54, 1.807) is 39.2 Å². The van der Waals surface area contributed by atoms with E-state index in [9.17, 15) is 14.4 Å². The number of nitrogens with one attached hydrogen (secondary N) is 2. The molecule has 0 spiro atoms. The van der Waals surface area contributed by atoms with Crippen molar-refractivity contribution in [1.82, 2.24) is 9.88 Å². The zero-order chi connectivity index (χ0) is 20.3. The number of ketones is 1. The Kier molecular flexibility index (Phi) is 6.05. The fourth-order valence-corrected chi connectivity index (χ4v) is 3.08. The van der Waals surface area contributed by atoms with Gasteiger partial charge in [-0.1, -0.05) is 6.92 Å². The third-order valence-electron chi connectivity index (χ3n) is 4.32. The number of aryl methyl sites for hydroxylation is 1. The lowest BCUT2D eigenvalue weighted by Gasteiger charge is -2.14.